The third kappa shape index (κ3) is 4.28. The molecule has 2 N–H and O–H groups in total. The molecule has 0 aliphatic heterocycles. The molecule has 1 aromatic heterocycles. The van der Waals surface area contributed by atoms with Crippen molar-refractivity contribution in [1.82, 2.24) is 4.57 Å². The van der Waals surface area contributed by atoms with E-state index in [-0.39, 0.29) is 11.5 Å². The van der Waals surface area contributed by atoms with Gasteiger partial charge in [0, 0.05) is 46.8 Å². The molecule has 1 amide bonds. The average Bonchev–Trinajstić information content (AvgIpc) is 2.79. The number of aryl methyl sites for hydroxylation is 3. The summed E-state index contributed by atoms with van der Waals surface area (Å²) in [4.78, 5) is 24.6. The number of hydrogen-bond acceptors (Lipinski definition) is 3. The van der Waals surface area contributed by atoms with Gasteiger partial charge in [0.2, 0.25) is 5.91 Å². The number of nitrogens with zero attached hydrogens (tertiary/aromatic N) is 1. The highest BCUT2D eigenvalue weighted by Gasteiger charge is 2.16. The van der Waals surface area contributed by atoms with Gasteiger partial charge in [0.15, 0.2) is 0 Å². The lowest BCUT2D eigenvalue weighted by Gasteiger charge is -2.19. The maximum atomic E-state index is 14.2. The second-order valence-electron chi connectivity index (χ2n) is 7.99. The molecule has 3 aromatic carbocycles. The van der Waals surface area contributed by atoms with Crippen LogP contribution in [0, 0.1) is 19.7 Å². The van der Waals surface area contributed by atoms with Gasteiger partial charge in [-0.3, -0.25) is 9.59 Å². The average molecular weight is 442 g/mol. The number of anilines is 3. The first kappa shape index (κ1) is 22.0. The van der Waals surface area contributed by atoms with Crippen molar-refractivity contribution in [2.24, 2.45) is 7.05 Å². The van der Waals surface area contributed by atoms with Crippen LogP contribution in [0.1, 0.15) is 11.1 Å². The smallest absolute Gasteiger partial charge is 0.258 e. The van der Waals surface area contributed by atoms with E-state index in [1.54, 1.807) is 19.3 Å². The number of para-hydroxylation sites is 1. The van der Waals surface area contributed by atoms with Crippen molar-refractivity contribution in [2.45, 2.75) is 13.8 Å². The summed E-state index contributed by atoms with van der Waals surface area (Å²) in [6.07, 6.45) is 2.88. The molecule has 0 fully saturated rings. The Morgan fingerprint density at radius 3 is 2.42 bits per heavy atom. The van der Waals surface area contributed by atoms with Crippen molar-refractivity contribution in [2.75, 3.05) is 10.6 Å². The van der Waals surface area contributed by atoms with Gasteiger partial charge in [0.05, 0.1) is 0 Å². The van der Waals surface area contributed by atoms with E-state index in [9.17, 15) is 14.0 Å². The highest BCUT2D eigenvalue weighted by Crippen LogP contribution is 2.37. The third-order valence-electron chi connectivity index (χ3n) is 5.65. The van der Waals surface area contributed by atoms with Crippen LogP contribution >= 0.6 is 0 Å². The normalized spacial score (nSPS) is 10.8. The first-order chi connectivity index (χ1) is 15.8. The van der Waals surface area contributed by atoms with Gasteiger partial charge in [0.1, 0.15) is 5.82 Å². The van der Waals surface area contributed by atoms with Gasteiger partial charge in [-0.1, -0.05) is 24.8 Å². The second kappa shape index (κ2) is 8.74. The SMILES string of the molecule is C=CC(=O)Nc1ccc(Nc2c(C)cccc2C)c(-c2cn(C)c(=O)c3ccc(F)cc23)c1. The number of rotatable bonds is 5. The summed E-state index contributed by atoms with van der Waals surface area (Å²) in [6.45, 7) is 7.54. The van der Waals surface area contributed by atoms with Crippen LogP contribution in [-0.2, 0) is 11.8 Å². The minimum absolute atomic E-state index is 0.214. The molecular formula is C27H24FN3O2. The maximum Gasteiger partial charge on any atom is 0.258 e. The standard InChI is InChI=1S/C27H24FN3O2/c1-5-25(32)29-19-10-12-24(30-26-16(2)7-6-8-17(26)3)22(14-19)23-15-31(4)27(33)20-11-9-18(28)13-21(20)23/h5-15,30H,1H2,2-4H3,(H,29,32). The first-order valence-electron chi connectivity index (χ1n) is 10.5. The largest absolute Gasteiger partial charge is 0.355 e. The van der Waals surface area contributed by atoms with Gasteiger partial charge in [-0.25, -0.2) is 4.39 Å². The molecule has 0 bridgehead atoms. The fraction of sp³-hybridized carbons (Fsp3) is 0.111. The van der Waals surface area contributed by atoms with E-state index < -0.39 is 5.82 Å². The van der Waals surface area contributed by atoms with E-state index in [0.29, 0.717) is 27.6 Å². The number of carbonyl (C=O) groups is 1. The number of carbonyl (C=O) groups excluding carboxylic acids is 1. The van der Waals surface area contributed by atoms with Gasteiger partial charge in [-0.15, -0.1) is 0 Å². The number of amides is 1. The molecule has 4 rings (SSSR count). The quantitative estimate of drug-likeness (QED) is 0.383. The molecule has 0 saturated heterocycles. The van der Waals surface area contributed by atoms with E-state index in [2.05, 4.69) is 17.2 Å². The van der Waals surface area contributed by atoms with Gasteiger partial charge in [-0.2, -0.15) is 0 Å². The zero-order valence-corrected chi connectivity index (χ0v) is 18.7. The zero-order chi connectivity index (χ0) is 23.7. The highest BCUT2D eigenvalue weighted by molar-refractivity contribution is 6.03. The Bertz CT molecular complexity index is 1450. The van der Waals surface area contributed by atoms with Crippen molar-refractivity contribution < 1.29 is 9.18 Å². The molecule has 5 nitrogen and oxygen atoms in total. The Kier molecular flexibility index (Phi) is 5.84. The minimum Gasteiger partial charge on any atom is -0.355 e. The Labute approximate surface area is 191 Å². The summed E-state index contributed by atoms with van der Waals surface area (Å²) in [5.74, 6) is -0.773. The Hall–Kier alpha value is -4.19. The van der Waals surface area contributed by atoms with E-state index in [4.69, 9.17) is 0 Å². The van der Waals surface area contributed by atoms with Crippen LogP contribution in [0.15, 0.2) is 78.2 Å². The number of nitrogens with one attached hydrogen (secondary N) is 2. The molecule has 6 heteroatoms. The first-order valence-corrected chi connectivity index (χ1v) is 10.5. The van der Waals surface area contributed by atoms with Crippen molar-refractivity contribution >= 4 is 33.7 Å². The van der Waals surface area contributed by atoms with Crippen LogP contribution in [0.4, 0.5) is 21.5 Å². The summed E-state index contributed by atoms with van der Waals surface area (Å²) in [6, 6.07) is 15.6. The lowest BCUT2D eigenvalue weighted by Crippen LogP contribution is -2.17. The van der Waals surface area contributed by atoms with Crippen LogP contribution in [0.25, 0.3) is 21.9 Å². The molecule has 0 spiro atoms. The van der Waals surface area contributed by atoms with Crippen LogP contribution in [-0.4, -0.2) is 10.5 Å². The van der Waals surface area contributed by atoms with Crippen LogP contribution in [0.2, 0.25) is 0 Å². The number of fused-ring (bicyclic) bond motifs is 1. The molecule has 1 heterocycles. The molecule has 0 unspecified atom stereocenters. The second-order valence-corrected chi connectivity index (χ2v) is 7.99. The molecule has 33 heavy (non-hydrogen) atoms. The summed E-state index contributed by atoms with van der Waals surface area (Å²) >= 11 is 0. The topological polar surface area (TPSA) is 63.1 Å². The highest BCUT2D eigenvalue weighted by atomic mass is 19.1. The van der Waals surface area contributed by atoms with E-state index in [1.165, 1.54) is 28.8 Å². The molecule has 166 valence electrons. The molecule has 0 atom stereocenters. The van der Waals surface area contributed by atoms with Gasteiger partial charge < -0.3 is 15.2 Å². The molecule has 0 aliphatic carbocycles. The molecular weight excluding hydrogens is 417 g/mol. The monoisotopic (exact) mass is 441 g/mol. The number of pyridine rings is 1. The van der Waals surface area contributed by atoms with Crippen molar-refractivity contribution in [3.8, 4) is 11.1 Å². The van der Waals surface area contributed by atoms with E-state index in [0.717, 1.165) is 22.5 Å². The van der Waals surface area contributed by atoms with Crippen LogP contribution < -0.4 is 16.2 Å². The number of hydrogen-bond donors (Lipinski definition) is 2. The van der Waals surface area contributed by atoms with Crippen molar-refractivity contribution in [3.05, 3.63) is 101 Å². The predicted octanol–water partition coefficient (Wildman–Crippen LogP) is 5.83. The zero-order valence-electron chi connectivity index (χ0n) is 18.7. The lowest BCUT2D eigenvalue weighted by atomic mass is 9.97. The summed E-state index contributed by atoms with van der Waals surface area (Å²) in [5, 5.41) is 7.18. The van der Waals surface area contributed by atoms with Crippen LogP contribution in [0.3, 0.4) is 0 Å². The number of benzene rings is 3. The van der Waals surface area contributed by atoms with Gasteiger partial charge in [0.25, 0.3) is 5.56 Å². The summed E-state index contributed by atoms with van der Waals surface area (Å²) in [5.41, 5.74) is 5.58. The number of aromatic nitrogens is 1. The number of halogens is 1. The van der Waals surface area contributed by atoms with E-state index in [1.807, 2.05) is 44.2 Å². The summed E-state index contributed by atoms with van der Waals surface area (Å²) < 4.78 is 15.7. The fourth-order valence-corrected chi connectivity index (χ4v) is 3.95. The maximum absolute atomic E-state index is 14.2. The lowest BCUT2D eigenvalue weighted by molar-refractivity contribution is -0.111. The predicted molar refractivity (Wildman–Crippen MR) is 133 cm³/mol. The molecule has 0 aliphatic rings. The molecule has 4 aromatic rings. The Balaban J connectivity index is 1.99. The van der Waals surface area contributed by atoms with Crippen molar-refractivity contribution in [3.63, 3.8) is 0 Å². The Morgan fingerprint density at radius 1 is 1.00 bits per heavy atom. The van der Waals surface area contributed by atoms with Crippen LogP contribution in [0.5, 0.6) is 0 Å². The van der Waals surface area contributed by atoms with Crippen molar-refractivity contribution in [1.29, 1.82) is 0 Å². The minimum atomic E-state index is -0.433. The third-order valence-corrected chi connectivity index (χ3v) is 5.65. The fourth-order valence-electron chi connectivity index (χ4n) is 3.95. The van der Waals surface area contributed by atoms with Gasteiger partial charge >= 0.3 is 0 Å². The summed E-state index contributed by atoms with van der Waals surface area (Å²) in [7, 11) is 1.66. The van der Waals surface area contributed by atoms with E-state index >= 15 is 0 Å². The molecule has 0 saturated carbocycles. The van der Waals surface area contributed by atoms with Gasteiger partial charge in [-0.05, 0) is 72.8 Å². The Morgan fingerprint density at radius 2 is 1.73 bits per heavy atom. The molecule has 0 radical (unpaired) electrons.